The topological polar surface area (TPSA) is 29.5 Å². The van der Waals surface area contributed by atoms with Gasteiger partial charge in [0.25, 0.3) is 5.91 Å². The van der Waals surface area contributed by atoms with E-state index in [-0.39, 0.29) is 12.5 Å². The Hall–Kier alpha value is -2.03. The van der Waals surface area contributed by atoms with Crippen LogP contribution >= 0.6 is 0 Å². The summed E-state index contributed by atoms with van der Waals surface area (Å²) in [5.41, 5.74) is 0. The number of carbonyl (C=O) groups excluding carboxylic acids is 1. The van der Waals surface area contributed by atoms with Gasteiger partial charge in [0.2, 0.25) is 0 Å². The number of fused-ring (bicyclic) bond motifs is 1. The molecular formula is C17H21NO2. The molecular weight excluding hydrogens is 250 g/mol. The molecule has 0 saturated heterocycles. The number of rotatable bonds is 6. The van der Waals surface area contributed by atoms with E-state index in [1.165, 1.54) is 0 Å². The van der Waals surface area contributed by atoms with Gasteiger partial charge in [0.05, 0.1) is 0 Å². The fourth-order valence-electron chi connectivity index (χ4n) is 2.09. The molecule has 3 heteroatoms. The number of carbonyl (C=O) groups is 1. The quantitative estimate of drug-likeness (QED) is 0.805. The minimum atomic E-state index is 0.0198. The van der Waals surface area contributed by atoms with Gasteiger partial charge in [-0.1, -0.05) is 49.7 Å². The van der Waals surface area contributed by atoms with E-state index in [1.54, 1.807) is 4.90 Å². The summed E-state index contributed by atoms with van der Waals surface area (Å²) in [6, 6.07) is 13.9. The maximum Gasteiger partial charge on any atom is 0.260 e. The summed E-state index contributed by atoms with van der Waals surface area (Å²) in [7, 11) is 1.82. The van der Waals surface area contributed by atoms with E-state index in [1.807, 2.05) is 49.5 Å². The van der Waals surface area contributed by atoms with Gasteiger partial charge in [-0.25, -0.2) is 0 Å². The molecule has 2 aromatic rings. The highest BCUT2D eigenvalue weighted by Gasteiger charge is 2.10. The molecule has 2 aromatic carbocycles. The van der Waals surface area contributed by atoms with Gasteiger partial charge < -0.3 is 9.64 Å². The van der Waals surface area contributed by atoms with Crippen LogP contribution < -0.4 is 4.74 Å². The van der Waals surface area contributed by atoms with Crippen LogP contribution in [0.25, 0.3) is 10.8 Å². The average Bonchev–Trinajstić information content (AvgIpc) is 2.50. The van der Waals surface area contributed by atoms with Crippen LogP contribution in [-0.4, -0.2) is 31.0 Å². The molecule has 0 fully saturated rings. The fraction of sp³-hybridized carbons (Fsp3) is 0.353. The molecule has 0 bridgehead atoms. The summed E-state index contributed by atoms with van der Waals surface area (Å²) < 4.78 is 5.69. The van der Waals surface area contributed by atoms with Crippen molar-refractivity contribution in [2.45, 2.75) is 19.8 Å². The van der Waals surface area contributed by atoms with Crippen LogP contribution in [0.2, 0.25) is 0 Å². The van der Waals surface area contributed by atoms with Crippen molar-refractivity contribution in [2.24, 2.45) is 0 Å². The third-order valence-electron chi connectivity index (χ3n) is 3.37. The SMILES string of the molecule is CCCCN(C)C(=O)COc1cccc2ccccc12. The van der Waals surface area contributed by atoms with Crippen molar-refractivity contribution in [3.05, 3.63) is 42.5 Å². The molecule has 2 rings (SSSR count). The summed E-state index contributed by atoms with van der Waals surface area (Å²) >= 11 is 0. The van der Waals surface area contributed by atoms with E-state index in [0.717, 1.165) is 35.9 Å². The minimum absolute atomic E-state index is 0.0198. The smallest absolute Gasteiger partial charge is 0.260 e. The standard InChI is InChI=1S/C17H21NO2/c1-3-4-12-18(2)17(19)13-20-16-11-7-9-14-8-5-6-10-15(14)16/h5-11H,3-4,12-13H2,1-2H3. The predicted molar refractivity (Wildman–Crippen MR) is 82.0 cm³/mol. The zero-order valence-electron chi connectivity index (χ0n) is 12.1. The van der Waals surface area contributed by atoms with Crippen molar-refractivity contribution in [3.63, 3.8) is 0 Å². The van der Waals surface area contributed by atoms with Gasteiger partial charge in [-0.2, -0.15) is 0 Å². The van der Waals surface area contributed by atoms with Crippen molar-refractivity contribution in [1.82, 2.24) is 4.90 Å². The molecule has 0 aliphatic carbocycles. The molecule has 1 amide bonds. The summed E-state index contributed by atoms with van der Waals surface area (Å²) in [6.07, 6.45) is 2.11. The van der Waals surface area contributed by atoms with E-state index < -0.39 is 0 Å². The Morgan fingerprint density at radius 2 is 1.90 bits per heavy atom. The van der Waals surface area contributed by atoms with Crippen molar-refractivity contribution in [2.75, 3.05) is 20.2 Å². The average molecular weight is 271 g/mol. The van der Waals surface area contributed by atoms with Crippen LogP contribution in [0.3, 0.4) is 0 Å². The van der Waals surface area contributed by atoms with Gasteiger partial charge in [0.15, 0.2) is 6.61 Å². The first kappa shape index (κ1) is 14.4. The van der Waals surface area contributed by atoms with Crippen molar-refractivity contribution < 1.29 is 9.53 Å². The zero-order chi connectivity index (χ0) is 14.4. The molecule has 0 atom stereocenters. The van der Waals surface area contributed by atoms with Crippen LogP contribution in [0.15, 0.2) is 42.5 Å². The Balaban J connectivity index is 2.01. The number of likely N-dealkylation sites (N-methyl/N-ethyl adjacent to an activating group) is 1. The highest BCUT2D eigenvalue weighted by Crippen LogP contribution is 2.24. The molecule has 0 spiro atoms. The fourth-order valence-corrected chi connectivity index (χ4v) is 2.09. The van der Waals surface area contributed by atoms with E-state index in [4.69, 9.17) is 4.74 Å². The molecule has 3 nitrogen and oxygen atoms in total. The molecule has 0 saturated carbocycles. The maximum absolute atomic E-state index is 12.0. The number of amides is 1. The Labute approximate surface area is 120 Å². The molecule has 20 heavy (non-hydrogen) atoms. The minimum Gasteiger partial charge on any atom is -0.483 e. The first-order chi connectivity index (χ1) is 9.72. The largest absolute Gasteiger partial charge is 0.483 e. The molecule has 0 N–H and O–H groups in total. The molecule has 0 aliphatic heterocycles. The van der Waals surface area contributed by atoms with Gasteiger partial charge in [0, 0.05) is 19.0 Å². The Kier molecular flexibility index (Phi) is 4.99. The van der Waals surface area contributed by atoms with Crippen LogP contribution in [-0.2, 0) is 4.79 Å². The van der Waals surface area contributed by atoms with Gasteiger partial charge in [0.1, 0.15) is 5.75 Å². The van der Waals surface area contributed by atoms with Crippen molar-refractivity contribution in [3.8, 4) is 5.75 Å². The molecule has 0 heterocycles. The molecule has 0 aliphatic rings. The number of nitrogens with zero attached hydrogens (tertiary/aromatic N) is 1. The third kappa shape index (κ3) is 3.50. The second kappa shape index (κ2) is 6.94. The van der Waals surface area contributed by atoms with Crippen LogP contribution in [0, 0.1) is 0 Å². The first-order valence-corrected chi connectivity index (χ1v) is 7.07. The van der Waals surface area contributed by atoms with E-state index in [9.17, 15) is 4.79 Å². The lowest BCUT2D eigenvalue weighted by molar-refractivity contribution is -0.132. The van der Waals surface area contributed by atoms with Gasteiger partial charge in [-0.15, -0.1) is 0 Å². The third-order valence-corrected chi connectivity index (χ3v) is 3.37. The van der Waals surface area contributed by atoms with Crippen molar-refractivity contribution >= 4 is 16.7 Å². The van der Waals surface area contributed by atoms with Crippen LogP contribution in [0.1, 0.15) is 19.8 Å². The van der Waals surface area contributed by atoms with Gasteiger partial charge >= 0.3 is 0 Å². The molecule has 106 valence electrons. The summed E-state index contributed by atoms with van der Waals surface area (Å²) in [6.45, 7) is 2.99. The lowest BCUT2D eigenvalue weighted by Gasteiger charge is -2.17. The van der Waals surface area contributed by atoms with Gasteiger partial charge in [-0.3, -0.25) is 4.79 Å². The predicted octanol–water partition coefficient (Wildman–Crippen LogP) is 3.48. The second-order valence-corrected chi connectivity index (χ2v) is 4.93. The second-order valence-electron chi connectivity index (χ2n) is 4.93. The van der Waals surface area contributed by atoms with Crippen LogP contribution in [0.5, 0.6) is 5.75 Å². The summed E-state index contributed by atoms with van der Waals surface area (Å²) in [5, 5.41) is 2.16. The van der Waals surface area contributed by atoms with E-state index in [0.29, 0.717) is 0 Å². The summed E-state index contributed by atoms with van der Waals surface area (Å²) in [4.78, 5) is 13.7. The first-order valence-electron chi connectivity index (χ1n) is 7.07. The zero-order valence-corrected chi connectivity index (χ0v) is 12.1. The Morgan fingerprint density at radius 3 is 2.70 bits per heavy atom. The summed E-state index contributed by atoms with van der Waals surface area (Å²) in [5.74, 6) is 0.784. The van der Waals surface area contributed by atoms with E-state index in [2.05, 4.69) is 6.92 Å². The number of ether oxygens (including phenoxy) is 1. The number of hydrogen-bond donors (Lipinski definition) is 0. The van der Waals surface area contributed by atoms with E-state index >= 15 is 0 Å². The highest BCUT2D eigenvalue weighted by molar-refractivity contribution is 5.88. The number of benzene rings is 2. The normalized spacial score (nSPS) is 10.5. The molecule has 0 unspecified atom stereocenters. The Morgan fingerprint density at radius 1 is 1.15 bits per heavy atom. The lowest BCUT2D eigenvalue weighted by atomic mass is 10.1. The number of unbranched alkanes of at least 4 members (excludes halogenated alkanes) is 1. The Bertz CT molecular complexity index is 575. The molecule has 0 radical (unpaired) electrons. The van der Waals surface area contributed by atoms with Crippen molar-refractivity contribution in [1.29, 1.82) is 0 Å². The van der Waals surface area contributed by atoms with Gasteiger partial charge in [-0.05, 0) is 17.9 Å². The lowest BCUT2D eigenvalue weighted by Crippen LogP contribution is -2.32. The highest BCUT2D eigenvalue weighted by atomic mass is 16.5. The maximum atomic E-state index is 12.0. The van der Waals surface area contributed by atoms with Crippen LogP contribution in [0.4, 0.5) is 0 Å². The molecule has 0 aromatic heterocycles. The monoisotopic (exact) mass is 271 g/mol. The number of hydrogen-bond acceptors (Lipinski definition) is 2.